The van der Waals surface area contributed by atoms with Crippen LogP contribution in [0.25, 0.3) is 0 Å². The largest absolute Gasteiger partial charge is 0.352 e. The van der Waals surface area contributed by atoms with Gasteiger partial charge >= 0.3 is 0 Å². The van der Waals surface area contributed by atoms with E-state index >= 15 is 0 Å². The number of amides is 1. The van der Waals surface area contributed by atoms with E-state index in [0.29, 0.717) is 18.5 Å². The van der Waals surface area contributed by atoms with Gasteiger partial charge in [-0.25, -0.2) is 18.5 Å². The van der Waals surface area contributed by atoms with Gasteiger partial charge in [0, 0.05) is 31.9 Å². The number of hydrogen-bond donors (Lipinski definition) is 2. The molecule has 1 aromatic heterocycles. The van der Waals surface area contributed by atoms with Crippen molar-refractivity contribution in [3.8, 4) is 0 Å². The Labute approximate surface area is 122 Å². The van der Waals surface area contributed by atoms with E-state index in [4.69, 9.17) is 5.14 Å². The number of nitrogens with one attached hydrogen (secondary N) is 1. The Morgan fingerprint density at radius 1 is 1.38 bits per heavy atom. The van der Waals surface area contributed by atoms with E-state index in [1.54, 1.807) is 35.4 Å². The molecule has 7 nitrogen and oxygen atoms in total. The van der Waals surface area contributed by atoms with Gasteiger partial charge in [-0.1, -0.05) is 12.1 Å². The maximum absolute atomic E-state index is 11.7. The van der Waals surface area contributed by atoms with Crippen molar-refractivity contribution in [2.45, 2.75) is 24.4 Å². The smallest absolute Gasteiger partial charge is 0.238 e. The summed E-state index contributed by atoms with van der Waals surface area (Å²) in [6.07, 6.45) is 5.40. The number of carbonyl (C=O) groups excluding carboxylic acids is 1. The van der Waals surface area contributed by atoms with Crippen molar-refractivity contribution in [2.75, 3.05) is 0 Å². The van der Waals surface area contributed by atoms with Crippen molar-refractivity contribution in [3.63, 3.8) is 0 Å². The average Bonchev–Trinajstić information content (AvgIpc) is 2.95. The lowest BCUT2D eigenvalue weighted by Gasteiger charge is -2.07. The van der Waals surface area contributed by atoms with Gasteiger partial charge in [0.25, 0.3) is 0 Å². The maximum Gasteiger partial charge on any atom is 0.238 e. The second kappa shape index (κ2) is 6.51. The lowest BCUT2D eigenvalue weighted by atomic mass is 10.2. The highest BCUT2D eigenvalue weighted by Gasteiger charge is 2.08. The molecule has 0 saturated carbocycles. The number of rotatable bonds is 6. The Bertz CT molecular complexity index is 711. The van der Waals surface area contributed by atoms with E-state index in [1.807, 2.05) is 0 Å². The molecule has 0 spiro atoms. The Balaban J connectivity index is 1.86. The minimum absolute atomic E-state index is 0.0349. The topological polar surface area (TPSA) is 107 Å². The van der Waals surface area contributed by atoms with Gasteiger partial charge in [0.05, 0.1) is 11.2 Å². The van der Waals surface area contributed by atoms with Gasteiger partial charge in [-0.15, -0.1) is 0 Å². The van der Waals surface area contributed by atoms with Gasteiger partial charge in [0.1, 0.15) is 0 Å². The monoisotopic (exact) mass is 308 g/mol. The van der Waals surface area contributed by atoms with Crippen LogP contribution in [0, 0.1) is 0 Å². The average molecular weight is 308 g/mol. The van der Waals surface area contributed by atoms with E-state index in [-0.39, 0.29) is 17.3 Å². The van der Waals surface area contributed by atoms with Crippen LogP contribution in [0.15, 0.2) is 47.9 Å². The lowest BCUT2D eigenvalue weighted by molar-refractivity contribution is -0.121. The Morgan fingerprint density at radius 2 is 2.19 bits per heavy atom. The molecule has 1 aromatic carbocycles. The molecule has 0 aliphatic rings. The number of aryl methyl sites for hydroxylation is 1. The van der Waals surface area contributed by atoms with Gasteiger partial charge in [0.2, 0.25) is 15.9 Å². The zero-order valence-corrected chi connectivity index (χ0v) is 12.1. The van der Waals surface area contributed by atoms with E-state index in [0.717, 1.165) is 0 Å². The molecule has 0 bridgehead atoms. The number of carbonyl (C=O) groups is 1. The van der Waals surface area contributed by atoms with Crippen LogP contribution in [-0.2, 0) is 27.9 Å². The fraction of sp³-hybridized carbons (Fsp3) is 0.231. The molecule has 1 amide bonds. The first-order valence-electron chi connectivity index (χ1n) is 6.29. The van der Waals surface area contributed by atoms with Crippen LogP contribution in [0.1, 0.15) is 12.0 Å². The van der Waals surface area contributed by atoms with Gasteiger partial charge in [-0.2, -0.15) is 0 Å². The third-order valence-electron chi connectivity index (χ3n) is 2.87. The van der Waals surface area contributed by atoms with E-state index in [2.05, 4.69) is 10.3 Å². The summed E-state index contributed by atoms with van der Waals surface area (Å²) >= 11 is 0. The first kappa shape index (κ1) is 15.2. The van der Waals surface area contributed by atoms with Crippen molar-refractivity contribution in [1.82, 2.24) is 14.9 Å². The van der Waals surface area contributed by atoms with Crippen LogP contribution in [0.2, 0.25) is 0 Å². The first-order chi connectivity index (χ1) is 9.95. The van der Waals surface area contributed by atoms with Crippen LogP contribution in [-0.4, -0.2) is 23.9 Å². The van der Waals surface area contributed by atoms with Crippen LogP contribution in [0.4, 0.5) is 0 Å². The number of nitrogens with two attached hydrogens (primary N) is 1. The van der Waals surface area contributed by atoms with Gasteiger partial charge in [-0.3, -0.25) is 4.79 Å². The van der Waals surface area contributed by atoms with Crippen LogP contribution >= 0.6 is 0 Å². The minimum Gasteiger partial charge on any atom is -0.352 e. The molecule has 0 saturated heterocycles. The fourth-order valence-corrected chi connectivity index (χ4v) is 2.35. The zero-order valence-electron chi connectivity index (χ0n) is 11.3. The summed E-state index contributed by atoms with van der Waals surface area (Å²) in [5, 5.41) is 7.79. The third-order valence-corrected chi connectivity index (χ3v) is 3.78. The number of imidazole rings is 1. The normalized spacial score (nSPS) is 11.3. The Hall–Kier alpha value is -2.19. The van der Waals surface area contributed by atoms with Crippen molar-refractivity contribution >= 4 is 15.9 Å². The molecule has 1 heterocycles. The number of benzene rings is 1. The molecule has 0 fully saturated rings. The lowest BCUT2D eigenvalue weighted by Crippen LogP contribution is -2.24. The quantitative estimate of drug-likeness (QED) is 0.797. The summed E-state index contributed by atoms with van der Waals surface area (Å²) in [5.41, 5.74) is 0.678. The molecule has 3 N–H and O–H groups in total. The van der Waals surface area contributed by atoms with Gasteiger partial charge in [0.15, 0.2) is 0 Å². The molecule has 0 radical (unpaired) electrons. The predicted octanol–water partition coefficient (Wildman–Crippen LogP) is 0.237. The van der Waals surface area contributed by atoms with E-state index < -0.39 is 10.0 Å². The summed E-state index contributed by atoms with van der Waals surface area (Å²) in [7, 11) is -3.73. The Morgan fingerprint density at radius 3 is 2.86 bits per heavy atom. The van der Waals surface area contributed by atoms with Crippen LogP contribution in [0.5, 0.6) is 0 Å². The zero-order chi connectivity index (χ0) is 15.3. The number of nitrogens with zero attached hydrogens (tertiary/aromatic N) is 2. The van der Waals surface area contributed by atoms with Gasteiger partial charge in [-0.05, 0) is 17.7 Å². The molecule has 8 heteroatoms. The molecule has 112 valence electrons. The van der Waals surface area contributed by atoms with Crippen LogP contribution in [0.3, 0.4) is 0 Å². The Kier molecular flexibility index (Phi) is 4.71. The molecule has 0 aliphatic carbocycles. The fourth-order valence-electron chi connectivity index (χ4n) is 1.77. The second-order valence-electron chi connectivity index (χ2n) is 4.52. The third kappa shape index (κ3) is 4.69. The molecule has 21 heavy (non-hydrogen) atoms. The molecule has 0 atom stereocenters. The summed E-state index contributed by atoms with van der Waals surface area (Å²) in [6, 6.07) is 6.18. The minimum atomic E-state index is -3.73. The summed E-state index contributed by atoms with van der Waals surface area (Å²) in [4.78, 5) is 15.6. The number of aromatic nitrogens is 2. The summed E-state index contributed by atoms with van der Waals surface area (Å²) in [6.45, 7) is 0.801. The molecule has 2 rings (SSSR count). The first-order valence-corrected chi connectivity index (χ1v) is 7.84. The van der Waals surface area contributed by atoms with E-state index in [1.165, 1.54) is 12.1 Å². The van der Waals surface area contributed by atoms with Crippen molar-refractivity contribution in [2.24, 2.45) is 5.14 Å². The number of primary sulfonamides is 1. The second-order valence-corrected chi connectivity index (χ2v) is 6.08. The number of hydrogen-bond acceptors (Lipinski definition) is 4. The van der Waals surface area contributed by atoms with Crippen molar-refractivity contribution in [1.29, 1.82) is 0 Å². The van der Waals surface area contributed by atoms with E-state index in [9.17, 15) is 13.2 Å². The molecule has 0 aliphatic heterocycles. The highest BCUT2D eigenvalue weighted by atomic mass is 32.2. The molecular weight excluding hydrogens is 292 g/mol. The predicted molar refractivity (Wildman–Crippen MR) is 76.5 cm³/mol. The number of sulfonamides is 1. The van der Waals surface area contributed by atoms with Crippen molar-refractivity contribution < 1.29 is 13.2 Å². The van der Waals surface area contributed by atoms with Gasteiger partial charge < -0.3 is 9.88 Å². The molecule has 2 aromatic rings. The summed E-state index contributed by atoms with van der Waals surface area (Å²) in [5.74, 6) is -0.121. The highest BCUT2D eigenvalue weighted by molar-refractivity contribution is 7.89. The molecule has 0 unspecified atom stereocenters. The standard InChI is InChI=1S/C13H16N4O3S/c14-21(19,20)12-3-1-2-11(8-12)9-16-13(18)4-6-17-7-5-15-10-17/h1-3,5,7-8,10H,4,6,9H2,(H,16,18)(H2,14,19,20). The highest BCUT2D eigenvalue weighted by Crippen LogP contribution is 2.09. The molecular formula is C13H16N4O3S. The summed E-state index contributed by atoms with van der Waals surface area (Å²) < 4.78 is 24.3. The van der Waals surface area contributed by atoms with Crippen LogP contribution < -0.4 is 10.5 Å². The maximum atomic E-state index is 11.7. The SMILES string of the molecule is NS(=O)(=O)c1cccc(CNC(=O)CCn2ccnc2)c1. The van der Waals surface area contributed by atoms with Crippen molar-refractivity contribution in [3.05, 3.63) is 48.5 Å².